The van der Waals surface area contributed by atoms with Gasteiger partial charge in [-0.05, 0) is 58.6 Å². The minimum absolute atomic E-state index is 0.0322. The number of nitrogens with zero attached hydrogens (tertiary/aromatic N) is 3. The van der Waals surface area contributed by atoms with Crippen LogP contribution in [0.15, 0.2) is 18.3 Å². The molecule has 2 aliphatic rings. The van der Waals surface area contributed by atoms with Gasteiger partial charge in [0.2, 0.25) is 0 Å². The largest absolute Gasteiger partial charge is 0.444 e. The van der Waals surface area contributed by atoms with Gasteiger partial charge in [0.15, 0.2) is 11.5 Å². The van der Waals surface area contributed by atoms with E-state index in [0.717, 1.165) is 12.8 Å². The average Bonchev–Trinajstić information content (AvgIpc) is 2.83. The van der Waals surface area contributed by atoms with Gasteiger partial charge in [0, 0.05) is 24.2 Å². The number of carbonyl (C=O) groups is 2. The van der Waals surface area contributed by atoms with Crippen molar-refractivity contribution in [3.8, 4) is 6.07 Å². The number of pyridine rings is 1. The molecule has 1 aromatic heterocycles. The van der Waals surface area contributed by atoms with Crippen LogP contribution in [0.3, 0.4) is 0 Å². The van der Waals surface area contributed by atoms with Crippen LogP contribution in [0.4, 0.5) is 4.79 Å². The first kappa shape index (κ1) is 17.4. The molecule has 0 spiro atoms. The summed E-state index contributed by atoms with van der Waals surface area (Å²) in [6.45, 7) is 5.57. The molecule has 132 valence electrons. The number of amides is 1. The molecule has 0 N–H and O–H groups in total. The Morgan fingerprint density at radius 3 is 2.48 bits per heavy atom. The van der Waals surface area contributed by atoms with Crippen LogP contribution in [0.1, 0.15) is 62.5 Å². The van der Waals surface area contributed by atoms with Crippen LogP contribution in [-0.2, 0) is 4.74 Å². The minimum Gasteiger partial charge on any atom is -0.444 e. The van der Waals surface area contributed by atoms with E-state index in [4.69, 9.17) is 4.74 Å². The molecule has 3 heterocycles. The summed E-state index contributed by atoms with van der Waals surface area (Å²) in [5.41, 5.74) is 0.0372. The Kier molecular flexibility index (Phi) is 4.51. The van der Waals surface area contributed by atoms with Gasteiger partial charge in [-0.2, -0.15) is 5.26 Å². The molecule has 6 heteroatoms. The number of ketones is 1. The summed E-state index contributed by atoms with van der Waals surface area (Å²) < 4.78 is 5.52. The molecule has 1 amide bonds. The molecule has 0 saturated carbocycles. The second-order valence-electron chi connectivity index (χ2n) is 7.82. The van der Waals surface area contributed by atoms with Gasteiger partial charge < -0.3 is 9.64 Å². The first-order chi connectivity index (χ1) is 11.8. The predicted octanol–water partition coefficient (Wildman–Crippen LogP) is 3.31. The molecular formula is C19H23N3O3. The fourth-order valence-corrected chi connectivity index (χ4v) is 3.92. The Hall–Kier alpha value is -2.42. The first-order valence-corrected chi connectivity index (χ1v) is 8.71. The van der Waals surface area contributed by atoms with Gasteiger partial charge in [0.25, 0.3) is 0 Å². The molecule has 3 rings (SSSR count). The van der Waals surface area contributed by atoms with Crippen LogP contribution < -0.4 is 0 Å². The van der Waals surface area contributed by atoms with E-state index >= 15 is 0 Å². The van der Waals surface area contributed by atoms with Gasteiger partial charge in [-0.3, -0.25) is 4.79 Å². The molecule has 0 aliphatic carbocycles. The second kappa shape index (κ2) is 6.47. The lowest BCUT2D eigenvalue weighted by Gasteiger charge is -2.39. The highest BCUT2D eigenvalue weighted by Crippen LogP contribution is 2.40. The van der Waals surface area contributed by atoms with Gasteiger partial charge in [-0.1, -0.05) is 0 Å². The van der Waals surface area contributed by atoms with Gasteiger partial charge in [-0.25, -0.2) is 9.78 Å². The van der Waals surface area contributed by atoms with E-state index < -0.39 is 5.60 Å². The number of Topliss-reactive ketones (excluding diaryl/α,β-unsaturated/α-hetero) is 1. The zero-order chi connectivity index (χ0) is 18.2. The molecule has 6 nitrogen and oxygen atoms in total. The van der Waals surface area contributed by atoms with Gasteiger partial charge in [0.05, 0.1) is 5.56 Å². The third-order valence-electron chi connectivity index (χ3n) is 4.89. The summed E-state index contributed by atoms with van der Waals surface area (Å²) in [6, 6.07) is 5.40. The van der Waals surface area contributed by atoms with Crippen molar-refractivity contribution in [3.63, 3.8) is 0 Å². The van der Waals surface area contributed by atoms with Crippen LogP contribution in [0, 0.1) is 17.2 Å². The number of piperidine rings is 1. The number of nitriles is 1. The van der Waals surface area contributed by atoms with E-state index in [1.165, 1.54) is 6.20 Å². The second-order valence-corrected chi connectivity index (χ2v) is 7.82. The number of hydrogen-bond donors (Lipinski definition) is 0. The van der Waals surface area contributed by atoms with Crippen LogP contribution in [0.25, 0.3) is 0 Å². The van der Waals surface area contributed by atoms with Crippen molar-refractivity contribution in [2.75, 3.05) is 0 Å². The third kappa shape index (κ3) is 3.51. The van der Waals surface area contributed by atoms with Crippen molar-refractivity contribution in [3.05, 3.63) is 29.6 Å². The Labute approximate surface area is 147 Å². The molecule has 25 heavy (non-hydrogen) atoms. The molecule has 2 atom stereocenters. The monoisotopic (exact) mass is 341 g/mol. The molecule has 0 aromatic carbocycles. The molecular weight excluding hydrogens is 318 g/mol. The van der Waals surface area contributed by atoms with E-state index in [1.54, 1.807) is 12.1 Å². The zero-order valence-electron chi connectivity index (χ0n) is 14.9. The normalized spacial score (nSPS) is 25.4. The zero-order valence-corrected chi connectivity index (χ0v) is 14.9. The van der Waals surface area contributed by atoms with Crippen LogP contribution in [0.2, 0.25) is 0 Å². The summed E-state index contributed by atoms with van der Waals surface area (Å²) in [7, 11) is 0. The lowest BCUT2D eigenvalue weighted by Crippen LogP contribution is -2.49. The first-order valence-electron chi connectivity index (χ1n) is 8.71. The third-order valence-corrected chi connectivity index (χ3v) is 4.89. The van der Waals surface area contributed by atoms with E-state index in [2.05, 4.69) is 4.98 Å². The van der Waals surface area contributed by atoms with E-state index in [1.807, 2.05) is 31.7 Å². The highest BCUT2D eigenvalue weighted by atomic mass is 16.6. The van der Waals surface area contributed by atoms with Crippen molar-refractivity contribution in [1.29, 1.82) is 5.26 Å². The average molecular weight is 341 g/mol. The molecule has 2 fully saturated rings. The van der Waals surface area contributed by atoms with Crippen LogP contribution in [0.5, 0.6) is 0 Å². The lowest BCUT2D eigenvalue weighted by atomic mass is 9.84. The van der Waals surface area contributed by atoms with Crippen molar-refractivity contribution >= 4 is 11.9 Å². The number of ether oxygens (including phenoxy) is 1. The Balaban J connectivity index is 1.75. The summed E-state index contributed by atoms with van der Waals surface area (Å²) in [5, 5.41) is 9.17. The van der Waals surface area contributed by atoms with Crippen molar-refractivity contribution < 1.29 is 14.3 Å². The summed E-state index contributed by atoms with van der Waals surface area (Å²) >= 11 is 0. The maximum atomic E-state index is 12.9. The Morgan fingerprint density at radius 1 is 1.28 bits per heavy atom. The lowest BCUT2D eigenvalue weighted by molar-refractivity contribution is 0.00253. The molecule has 2 unspecified atom stereocenters. The fourth-order valence-electron chi connectivity index (χ4n) is 3.92. The number of fused-ring (bicyclic) bond motifs is 2. The summed E-state index contributed by atoms with van der Waals surface area (Å²) in [5.74, 6) is -0.210. The predicted molar refractivity (Wildman–Crippen MR) is 90.9 cm³/mol. The number of rotatable bonds is 2. The summed E-state index contributed by atoms with van der Waals surface area (Å²) in [6.07, 6.45) is 4.26. The standard InChI is InChI=1S/C19H23N3O3/c1-19(2,3)25-18(24)22-13-6-7-14(22)10-12(9-13)17(23)15-5-4-8-21-16(15)11-20/h4-5,8,12-14H,6-7,9-10H2,1-3H3. The number of aromatic nitrogens is 1. The Morgan fingerprint density at radius 2 is 1.92 bits per heavy atom. The van der Waals surface area contributed by atoms with Gasteiger partial charge in [-0.15, -0.1) is 0 Å². The number of carbonyl (C=O) groups excluding carboxylic acids is 2. The van der Waals surface area contributed by atoms with Gasteiger partial charge >= 0.3 is 6.09 Å². The smallest absolute Gasteiger partial charge is 0.410 e. The minimum atomic E-state index is -0.527. The van der Waals surface area contributed by atoms with Crippen LogP contribution >= 0.6 is 0 Å². The highest BCUT2D eigenvalue weighted by Gasteiger charge is 2.46. The van der Waals surface area contributed by atoms with Crippen molar-refractivity contribution in [1.82, 2.24) is 9.88 Å². The van der Waals surface area contributed by atoms with Crippen LogP contribution in [-0.4, -0.2) is 39.4 Å². The fraction of sp³-hybridized carbons (Fsp3) is 0.579. The maximum absolute atomic E-state index is 12.9. The topological polar surface area (TPSA) is 83.3 Å². The molecule has 2 aliphatic heterocycles. The Bertz CT molecular complexity index is 718. The summed E-state index contributed by atoms with van der Waals surface area (Å²) in [4.78, 5) is 31.2. The number of hydrogen-bond acceptors (Lipinski definition) is 5. The quantitative estimate of drug-likeness (QED) is 0.771. The van der Waals surface area contributed by atoms with Crippen molar-refractivity contribution in [2.24, 2.45) is 5.92 Å². The van der Waals surface area contributed by atoms with Crippen molar-refractivity contribution in [2.45, 2.75) is 64.1 Å². The highest BCUT2D eigenvalue weighted by molar-refractivity contribution is 5.99. The van der Waals surface area contributed by atoms with E-state index in [0.29, 0.717) is 18.4 Å². The SMILES string of the molecule is CC(C)(C)OC(=O)N1C2CCC1CC(C(=O)c1cccnc1C#N)C2. The molecule has 1 aromatic rings. The maximum Gasteiger partial charge on any atom is 0.410 e. The van der Waals surface area contributed by atoms with E-state index in [9.17, 15) is 14.9 Å². The molecule has 2 bridgehead atoms. The van der Waals surface area contributed by atoms with Gasteiger partial charge in [0.1, 0.15) is 11.7 Å². The molecule has 2 saturated heterocycles. The van der Waals surface area contributed by atoms with E-state index in [-0.39, 0.29) is 35.6 Å². The molecule has 0 radical (unpaired) electrons.